The smallest absolute Gasteiger partial charge is 0.305 e. The van der Waals surface area contributed by atoms with E-state index in [4.69, 9.17) is 14.7 Å². The van der Waals surface area contributed by atoms with E-state index in [0.717, 1.165) is 46.5 Å². The third-order valence-corrected chi connectivity index (χ3v) is 11.4. The molecule has 0 aromatic carbocycles. The van der Waals surface area contributed by atoms with Crippen LogP contribution in [0, 0.1) is 6.92 Å². The van der Waals surface area contributed by atoms with Crippen molar-refractivity contribution in [3.05, 3.63) is 92.9 Å². The summed E-state index contributed by atoms with van der Waals surface area (Å²) in [7, 11) is 1.37. The highest BCUT2D eigenvalue weighted by molar-refractivity contribution is 6.27. The molecule has 2 N–H and O–H groups in total. The van der Waals surface area contributed by atoms with E-state index in [2.05, 4.69) is 48.1 Å². The summed E-state index contributed by atoms with van der Waals surface area (Å²) < 4.78 is 5.01. The van der Waals surface area contributed by atoms with Crippen LogP contribution in [0.4, 0.5) is 0 Å². The van der Waals surface area contributed by atoms with Gasteiger partial charge in [0.2, 0.25) is 0 Å². The fraction of sp³-hybridized carbons (Fsp3) is 0.415. The third kappa shape index (κ3) is 5.74. The maximum Gasteiger partial charge on any atom is 0.305 e. The Kier molecular flexibility index (Phi) is 8.89. The summed E-state index contributed by atoms with van der Waals surface area (Å²) in [5, 5.41) is 0. The van der Waals surface area contributed by atoms with Gasteiger partial charge in [0.05, 0.1) is 47.4 Å². The molecule has 4 atom stereocenters. The Morgan fingerprint density at radius 1 is 0.941 bits per heavy atom. The minimum absolute atomic E-state index is 0.0686. The lowest BCUT2D eigenvalue weighted by Gasteiger charge is -2.28. The minimum atomic E-state index is -0.409. The van der Waals surface area contributed by atoms with Crippen LogP contribution in [0.2, 0.25) is 0 Å². The first-order valence-electron chi connectivity index (χ1n) is 18.0. The van der Waals surface area contributed by atoms with E-state index in [1.54, 1.807) is 6.92 Å². The average Bonchev–Trinajstić information content (AvgIpc) is 3.79. The lowest BCUT2D eigenvalue weighted by molar-refractivity contribution is -0.140. The fourth-order valence-corrected chi connectivity index (χ4v) is 8.44. The summed E-state index contributed by atoms with van der Waals surface area (Å²) in [6.45, 7) is 11.9. The molecule has 8 bridgehead atoms. The van der Waals surface area contributed by atoms with Gasteiger partial charge in [0, 0.05) is 58.3 Å². The Labute approximate surface area is 297 Å². The number of methoxy groups -OCH3 is 1. The number of fused-ring (bicyclic) bond motifs is 8. The number of amides is 2. The second-order valence-corrected chi connectivity index (χ2v) is 14.4. The number of H-pyrrole nitrogens is 2. The van der Waals surface area contributed by atoms with Crippen LogP contribution in [-0.4, -0.2) is 62.1 Å². The zero-order valence-electron chi connectivity index (χ0n) is 30.4. The van der Waals surface area contributed by atoms with Gasteiger partial charge in [-0.05, 0) is 75.8 Å². The lowest BCUT2D eigenvalue weighted by atomic mass is 9.84. The molecule has 0 saturated heterocycles. The number of imide groups is 1. The van der Waals surface area contributed by atoms with Crippen LogP contribution in [0.1, 0.15) is 151 Å². The predicted molar refractivity (Wildman–Crippen MR) is 196 cm³/mol. The van der Waals surface area contributed by atoms with Gasteiger partial charge in [0.25, 0.3) is 11.8 Å². The van der Waals surface area contributed by atoms with Crippen LogP contribution >= 0.6 is 0 Å². The summed E-state index contributed by atoms with van der Waals surface area (Å²) in [5.74, 6) is -1.43. The normalized spacial score (nSPS) is 21.9. The summed E-state index contributed by atoms with van der Waals surface area (Å²) in [4.78, 5) is 73.4. The Bertz CT molecular complexity index is 2180. The van der Waals surface area contributed by atoms with Crippen molar-refractivity contribution in [1.82, 2.24) is 24.8 Å². The number of hydrogen-bond acceptors (Lipinski definition) is 7. The van der Waals surface area contributed by atoms with Crippen molar-refractivity contribution in [3.8, 4) is 0 Å². The topological polar surface area (TPSA) is 138 Å². The quantitative estimate of drug-likeness (QED) is 0.172. The number of nitrogens with zero attached hydrogens (tertiary/aromatic N) is 3. The SMILES string of the molecule is CC[C@@H]1c2cc3[nH]c4c(c5nc(cc6nc(cc([nH]2)[C@H]1C)C(C(C)=O)=C6C)[C@@H](C)[C@@H]5CCC(=O)OC)C(=O)N(CC1=CCC=CC1)C(=O)c4c3C. The first-order chi connectivity index (χ1) is 24.4. The number of carbonyl (C=O) groups is 4. The molecule has 0 radical (unpaired) electrons. The Hall–Kier alpha value is -5.12. The highest BCUT2D eigenvalue weighted by Gasteiger charge is 2.41. The average molecular weight is 688 g/mol. The summed E-state index contributed by atoms with van der Waals surface area (Å²) in [5.41, 5.74) is 9.52. The maximum atomic E-state index is 14.8. The molecule has 6 heterocycles. The molecule has 264 valence electrons. The lowest BCUT2D eigenvalue weighted by Crippen LogP contribution is -2.42. The number of ketones is 1. The van der Waals surface area contributed by atoms with Crippen molar-refractivity contribution in [2.45, 2.75) is 97.3 Å². The van der Waals surface area contributed by atoms with Crippen LogP contribution in [0.25, 0.3) is 22.2 Å². The van der Waals surface area contributed by atoms with Gasteiger partial charge in [-0.1, -0.05) is 44.6 Å². The molecule has 0 spiro atoms. The van der Waals surface area contributed by atoms with Crippen molar-refractivity contribution in [3.63, 3.8) is 0 Å². The molecule has 1 aliphatic carbocycles. The van der Waals surface area contributed by atoms with E-state index < -0.39 is 5.91 Å². The van der Waals surface area contributed by atoms with E-state index in [9.17, 15) is 19.2 Å². The number of nitrogens with one attached hydrogen (secondary N) is 2. The van der Waals surface area contributed by atoms with Crippen molar-refractivity contribution >= 4 is 45.7 Å². The molecule has 10 heteroatoms. The van der Waals surface area contributed by atoms with Gasteiger partial charge in [-0.2, -0.15) is 0 Å². The molecule has 2 amide bonds. The molecule has 4 aliphatic heterocycles. The highest BCUT2D eigenvalue weighted by Crippen LogP contribution is 2.45. The van der Waals surface area contributed by atoms with Crippen LogP contribution in [-0.2, 0) is 14.3 Å². The Morgan fingerprint density at radius 2 is 1.71 bits per heavy atom. The first kappa shape index (κ1) is 34.3. The van der Waals surface area contributed by atoms with Gasteiger partial charge in [0.1, 0.15) is 0 Å². The molecule has 10 nitrogen and oxygen atoms in total. The first-order valence-corrected chi connectivity index (χ1v) is 18.0. The molecular weight excluding hydrogens is 642 g/mol. The number of ether oxygens (including phenoxy) is 1. The minimum Gasteiger partial charge on any atom is -0.469 e. The molecule has 7 rings (SSSR count). The summed E-state index contributed by atoms with van der Waals surface area (Å²) in [6, 6.07) is 5.96. The number of esters is 1. The van der Waals surface area contributed by atoms with Gasteiger partial charge < -0.3 is 14.7 Å². The number of hydrogen-bond donors (Lipinski definition) is 2. The second-order valence-electron chi connectivity index (χ2n) is 14.4. The Morgan fingerprint density at radius 3 is 2.39 bits per heavy atom. The number of aromatic nitrogens is 4. The molecule has 2 aromatic heterocycles. The standard InChI is InChI=1S/C41H45N5O5/c1-8-26-20(2)28-18-33-35(24(6)47)22(4)30(43-33)16-29-21(3)27(14-15-34(48)51-7)38(44-29)37-39-36(23(5)31(45-39)17-32(26)42-28)40(49)46(41(37)50)19-25-12-10-9-11-13-25/h9-10,13,16-18,20-21,26-27,42,45H,8,11-12,14-15,19H2,1-7H3/t20-,21-,26-,27-/m0/s1. The maximum absolute atomic E-state index is 14.8. The van der Waals surface area contributed by atoms with Gasteiger partial charge >= 0.3 is 5.97 Å². The monoisotopic (exact) mass is 687 g/mol. The number of allylic oxidation sites excluding steroid dienone is 5. The van der Waals surface area contributed by atoms with E-state index in [0.29, 0.717) is 57.8 Å². The van der Waals surface area contributed by atoms with E-state index >= 15 is 0 Å². The zero-order chi connectivity index (χ0) is 36.3. The number of aromatic amines is 2. The van der Waals surface area contributed by atoms with Gasteiger partial charge in [0.15, 0.2) is 5.78 Å². The van der Waals surface area contributed by atoms with E-state index in [1.807, 2.05) is 32.9 Å². The Balaban J connectivity index is 1.59. The van der Waals surface area contributed by atoms with E-state index in [-0.39, 0.29) is 54.3 Å². The van der Waals surface area contributed by atoms with Gasteiger partial charge in [-0.15, -0.1) is 0 Å². The molecule has 5 aliphatic rings. The molecular formula is C41H45N5O5. The molecule has 0 saturated carbocycles. The molecule has 51 heavy (non-hydrogen) atoms. The van der Waals surface area contributed by atoms with Crippen molar-refractivity contribution in [1.29, 1.82) is 0 Å². The van der Waals surface area contributed by atoms with Crippen molar-refractivity contribution in [2.24, 2.45) is 0 Å². The zero-order valence-corrected chi connectivity index (χ0v) is 30.4. The van der Waals surface area contributed by atoms with Crippen LogP contribution in [0.3, 0.4) is 0 Å². The number of aryl methyl sites for hydroxylation is 1. The predicted octanol–water partition coefficient (Wildman–Crippen LogP) is 7.88. The van der Waals surface area contributed by atoms with E-state index in [1.165, 1.54) is 12.0 Å². The number of carbonyl (C=O) groups excluding carboxylic acids is 4. The number of Topliss-reactive ketones (excluding diaryl/α,β-unsaturated/α-hetero) is 1. The second kappa shape index (κ2) is 13.2. The van der Waals surface area contributed by atoms with Crippen LogP contribution < -0.4 is 0 Å². The molecule has 0 unspecified atom stereocenters. The van der Waals surface area contributed by atoms with Crippen LogP contribution in [0.15, 0.2) is 42.0 Å². The molecule has 2 aromatic rings. The summed E-state index contributed by atoms with van der Waals surface area (Å²) >= 11 is 0. The fourth-order valence-electron chi connectivity index (χ4n) is 8.44. The largest absolute Gasteiger partial charge is 0.469 e. The summed E-state index contributed by atoms with van der Waals surface area (Å²) in [6.07, 6.45) is 9.04. The van der Waals surface area contributed by atoms with Crippen molar-refractivity contribution < 1.29 is 23.9 Å². The number of rotatable bonds is 7. The van der Waals surface area contributed by atoms with Crippen LogP contribution in [0.5, 0.6) is 0 Å². The van der Waals surface area contributed by atoms with Gasteiger partial charge in [-0.25, -0.2) is 4.98 Å². The van der Waals surface area contributed by atoms with Crippen molar-refractivity contribution in [2.75, 3.05) is 13.7 Å². The molecule has 0 fully saturated rings. The highest BCUT2D eigenvalue weighted by atomic mass is 16.5. The van der Waals surface area contributed by atoms with Gasteiger partial charge in [-0.3, -0.25) is 29.1 Å². The third-order valence-electron chi connectivity index (χ3n) is 11.4.